The molecule has 0 aliphatic heterocycles. The second kappa shape index (κ2) is 4.54. The van der Waals surface area contributed by atoms with Crippen LogP contribution in [0.3, 0.4) is 0 Å². The number of rotatable bonds is 3. The van der Waals surface area contributed by atoms with E-state index in [0.29, 0.717) is 5.75 Å². The molecule has 0 aliphatic rings. The maximum absolute atomic E-state index is 5.30. The van der Waals surface area contributed by atoms with Crippen LogP contribution >= 0.6 is 0 Å². The van der Waals surface area contributed by atoms with Crippen LogP contribution in [0, 0.1) is 19.3 Å². The minimum atomic E-state index is 0.220. The Balaban J connectivity index is 2.89. The van der Waals surface area contributed by atoms with E-state index in [4.69, 9.17) is 15.9 Å². The largest absolute Gasteiger partial charge is 0.466 e. The fraction of sp³-hybridized carbons (Fsp3) is 0.273. The summed E-state index contributed by atoms with van der Waals surface area (Å²) in [6.07, 6.45) is 5.30. The van der Waals surface area contributed by atoms with Crippen molar-refractivity contribution in [1.82, 2.24) is 0 Å². The summed E-state index contributed by atoms with van der Waals surface area (Å²) in [6, 6.07) is 5.71. The van der Waals surface area contributed by atoms with E-state index in [0.717, 1.165) is 11.1 Å². The average Bonchev–Trinajstić information content (AvgIpc) is 2.15. The highest BCUT2D eigenvalue weighted by Gasteiger charge is 2.00. The summed E-state index contributed by atoms with van der Waals surface area (Å²) in [5, 5.41) is 0. The molecule has 0 aromatic heterocycles. The van der Waals surface area contributed by atoms with Gasteiger partial charge in [0.1, 0.15) is 5.75 Å². The van der Waals surface area contributed by atoms with E-state index in [2.05, 4.69) is 5.92 Å². The van der Waals surface area contributed by atoms with Gasteiger partial charge < -0.3 is 9.47 Å². The number of benzene rings is 1. The molecular formula is C11H12O2. The molecule has 0 N–H and O–H groups in total. The third-order valence-electron chi connectivity index (χ3n) is 1.62. The number of methoxy groups -OCH3 is 1. The maximum Gasteiger partial charge on any atom is 0.188 e. The first-order valence-corrected chi connectivity index (χ1v) is 3.97. The topological polar surface area (TPSA) is 18.5 Å². The standard InChI is InChI=1S/C11H12O2/c1-4-10-6-5-9(2)7-11(10)13-8-12-3/h1,5-7H,8H2,2-3H3. The Bertz CT molecular complexity index is 323. The van der Waals surface area contributed by atoms with Crippen LogP contribution in [0.15, 0.2) is 18.2 Å². The molecule has 0 amide bonds. The lowest BCUT2D eigenvalue weighted by molar-refractivity contribution is 0.0509. The molecule has 0 spiro atoms. The molecule has 0 heterocycles. The normalized spacial score (nSPS) is 9.31. The summed E-state index contributed by atoms with van der Waals surface area (Å²) >= 11 is 0. The van der Waals surface area contributed by atoms with Gasteiger partial charge in [0.25, 0.3) is 0 Å². The molecule has 13 heavy (non-hydrogen) atoms. The first-order valence-electron chi connectivity index (χ1n) is 3.97. The van der Waals surface area contributed by atoms with Crippen LogP contribution in [-0.2, 0) is 4.74 Å². The van der Waals surface area contributed by atoms with Crippen molar-refractivity contribution in [1.29, 1.82) is 0 Å². The van der Waals surface area contributed by atoms with Gasteiger partial charge in [0.05, 0.1) is 5.56 Å². The minimum Gasteiger partial charge on any atom is -0.466 e. The molecule has 1 aromatic rings. The zero-order valence-electron chi connectivity index (χ0n) is 7.83. The van der Waals surface area contributed by atoms with Crippen molar-refractivity contribution in [3.05, 3.63) is 29.3 Å². The van der Waals surface area contributed by atoms with Crippen LogP contribution in [0.1, 0.15) is 11.1 Å². The van der Waals surface area contributed by atoms with Gasteiger partial charge in [0.2, 0.25) is 0 Å². The average molecular weight is 176 g/mol. The molecular weight excluding hydrogens is 164 g/mol. The van der Waals surface area contributed by atoms with Gasteiger partial charge in [-0.3, -0.25) is 0 Å². The number of aryl methyl sites for hydroxylation is 1. The predicted octanol–water partition coefficient (Wildman–Crippen LogP) is 1.96. The van der Waals surface area contributed by atoms with E-state index in [1.54, 1.807) is 7.11 Å². The summed E-state index contributed by atoms with van der Waals surface area (Å²) in [7, 11) is 1.57. The zero-order valence-corrected chi connectivity index (χ0v) is 7.83. The Labute approximate surface area is 78.5 Å². The lowest BCUT2D eigenvalue weighted by Crippen LogP contribution is -2.00. The summed E-state index contributed by atoms with van der Waals surface area (Å²) in [5.41, 5.74) is 1.87. The van der Waals surface area contributed by atoms with Crippen LogP contribution in [0.2, 0.25) is 0 Å². The highest BCUT2D eigenvalue weighted by Crippen LogP contribution is 2.18. The molecule has 0 unspecified atom stereocenters. The zero-order chi connectivity index (χ0) is 9.68. The van der Waals surface area contributed by atoms with Gasteiger partial charge in [0, 0.05) is 7.11 Å². The van der Waals surface area contributed by atoms with Crippen LogP contribution in [0.5, 0.6) is 5.75 Å². The first kappa shape index (κ1) is 9.63. The highest BCUT2D eigenvalue weighted by atomic mass is 16.7. The lowest BCUT2D eigenvalue weighted by Gasteiger charge is -2.07. The molecule has 0 atom stereocenters. The Morgan fingerprint density at radius 2 is 2.23 bits per heavy atom. The van der Waals surface area contributed by atoms with E-state index in [1.165, 1.54) is 0 Å². The van der Waals surface area contributed by atoms with Crippen LogP contribution in [-0.4, -0.2) is 13.9 Å². The minimum absolute atomic E-state index is 0.220. The molecule has 0 saturated carbocycles. The molecule has 1 rings (SSSR count). The van der Waals surface area contributed by atoms with Gasteiger partial charge >= 0.3 is 0 Å². The second-order valence-electron chi connectivity index (χ2n) is 2.69. The van der Waals surface area contributed by atoms with E-state index in [1.807, 2.05) is 25.1 Å². The van der Waals surface area contributed by atoms with Gasteiger partial charge in [-0.2, -0.15) is 0 Å². The third-order valence-corrected chi connectivity index (χ3v) is 1.62. The SMILES string of the molecule is C#Cc1ccc(C)cc1OCOC. The van der Waals surface area contributed by atoms with Gasteiger partial charge in [-0.25, -0.2) is 0 Å². The van der Waals surface area contributed by atoms with E-state index >= 15 is 0 Å². The van der Waals surface area contributed by atoms with Gasteiger partial charge in [-0.15, -0.1) is 6.42 Å². The van der Waals surface area contributed by atoms with Crippen molar-refractivity contribution in [3.63, 3.8) is 0 Å². The van der Waals surface area contributed by atoms with E-state index < -0.39 is 0 Å². The predicted molar refractivity (Wildman–Crippen MR) is 51.6 cm³/mol. The van der Waals surface area contributed by atoms with Crippen molar-refractivity contribution in [2.75, 3.05) is 13.9 Å². The molecule has 2 heteroatoms. The Hall–Kier alpha value is -1.46. The van der Waals surface area contributed by atoms with Crippen LogP contribution < -0.4 is 4.74 Å². The number of ether oxygens (including phenoxy) is 2. The van der Waals surface area contributed by atoms with E-state index in [-0.39, 0.29) is 6.79 Å². The summed E-state index contributed by atoms with van der Waals surface area (Å²) in [5.74, 6) is 3.25. The fourth-order valence-corrected chi connectivity index (χ4v) is 0.991. The molecule has 2 nitrogen and oxygen atoms in total. The van der Waals surface area contributed by atoms with Gasteiger partial charge in [0.15, 0.2) is 6.79 Å². The van der Waals surface area contributed by atoms with Crippen molar-refractivity contribution in [2.45, 2.75) is 6.92 Å². The maximum atomic E-state index is 5.30. The van der Waals surface area contributed by atoms with Crippen LogP contribution in [0.4, 0.5) is 0 Å². The molecule has 0 fully saturated rings. The first-order chi connectivity index (χ1) is 6.27. The molecule has 1 aromatic carbocycles. The monoisotopic (exact) mass is 176 g/mol. The third kappa shape index (κ3) is 2.50. The number of hydrogen-bond donors (Lipinski definition) is 0. The smallest absolute Gasteiger partial charge is 0.188 e. The van der Waals surface area contributed by atoms with Crippen molar-refractivity contribution in [2.24, 2.45) is 0 Å². The van der Waals surface area contributed by atoms with Gasteiger partial charge in [-0.1, -0.05) is 12.0 Å². The van der Waals surface area contributed by atoms with Gasteiger partial charge in [-0.05, 0) is 24.6 Å². The fourth-order valence-electron chi connectivity index (χ4n) is 0.991. The van der Waals surface area contributed by atoms with Crippen molar-refractivity contribution < 1.29 is 9.47 Å². The molecule has 0 bridgehead atoms. The summed E-state index contributed by atoms with van der Waals surface area (Å²) in [4.78, 5) is 0. The lowest BCUT2D eigenvalue weighted by atomic mass is 10.1. The van der Waals surface area contributed by atoms with Crippen LogP contribution in [0.25, 0.3) is 0 Å². The molecule has 0 radical (unpaired) electrons. The summed E-state index contributed by atoms with van der Waals surface area (Å²) in [6.45, 7) is 2.21. The van der Waals surface area contributed by atoms with Crippen molar-refractivity contribution in [3.8, 4) is 18.1 Å². The molecule has 0 aliphatic carbocycles. The molecule has 0 saturated heterocycles. The Morgan fingerprint density at radius 3 is 2.85 bits per heavy atom. The Morgan fingerprint density at radius 1 is 1.46 bits per heavy atom. The second-order valence-corrected chi connectivity index (χ2v) is 2.69. The quantitative estimate of drug-likeness (QED) is 0.517. The highest BCUT2D eigenvalue weighted by molar-refractivity contribution is 5.46. The number of terminal acetylenes is 1. The number of hydrogen-bond acceptors (Lipinski definition) is 2. The Kier molecular flexibility index (Phi) is 3.36. The summed E-state index contributed by atoms with van der Waals surface area (Å²) < 4.78 is 10.1. The molecule has 68 valence electrons. The van der Waals surface area contributed by atoms with E-state index in [9.17, 15) is 0 Å². The van der Waals surface area contributed by atoms with Crippen molar-refractivity contribution >= 4 is 0 Å².